The largest absolute Gasteiger partial charge is 0.478 e. The van der Waals surface area contributed by atoms with Crippen molar-refractivity contribution in [3.63, 3.8) is 0 Å². The smallest absolute Gasteiger partial charge is 0.335 e. The van der Waals surface area contributed by atoms with Gasteiger partial charge in [-0.05, 0) is 35.9 Å². The maximum atomic E-state index is 11.0. The number of anilines is 2. The number of benzene rings is 2. The first-order chi connectivity index (χ1) is 11.2. The number of carboxylic acid groups (broad SMARTS) is 1. The predicted molar refractivity (Wildman–Crippen MR) is 84.3 cm³/mol. The molecule has 3 aromatic rings. The number of aromatic carboxylic acids is 1. The van der Waals surface area contributed by atoms with Crippen LogP contribution in [0, 0.1) is 0 Å². The molecule has 1 heterocycles. The summed E-state index contributed by atoms with van der Waals surface area (Å²) in [7, 11) is 0. The van der Waals surface area contributed by atoms with Crippen molar-refractivity contribution in [2.24, 2.45) is 5.73 Å². The topological polar surface area (TPSA) is 114 Å². The lowest BCUT2D eigenvalue weighted by Crippen LogP contribution is -1.97. The fraction of sp³-hybridized carbons (Fsp3) is 0.0625. The fourth-order valence-corrected chi connectivity index (χ4v) is 2.03. The second-order valence-electron chi connectivity index (χ2n) is 4.82. The third-order valence-corrected chi connectivity index (χ3v) is 3.22. The van der Waals surface area contributed by atoms with E-state index in [0.717, 1.165) is 11.1 Å². The number of hydrogen-bond donors (Lipinski definition) is 3. The van der Waals surface area contributed by atoms with Crippen LogP contribution in [0.3, 0.4) is 0 Å². The Morgan fingerprint density at radius 2 is 1.96 bits per heavy atom. The zero-order valence-electron chi connectivity index (χ0n) is 12.1. The summed E-state index contributed by atoms with van der Waals surface area (Å²) in [5.41, 5.74) is 8.08. The highest BCUT2D eigenvalue weighted by Crippen LogP contribution is 2.22. The Morgan fingerprint density at radius 3 is 2.65 bits per heavy atom. The zero-order chi connectivity index (χ0) is 16.2. The van der Waals surface area contributed by atoms with Crippen LogP contribution in [0.15, 0.2) is 52.9 Å². The predicted octanol–water partition coefficient (Wildman–Crippen LogP) is 2.64. The van der Waals surface area contributed by atoms with Gasteiger partial charge in [-0.1, -0.05) is 23.3 Å². The van der Waals surface area contributed by atoms with Crippen LogP contribution in [0.5, 0.6) is 0 Å². The van der Waals surface area contributed by atoms with Gasteiger partial charge in [-0.25, -0.2) is 4.79 Å². The molecule has 0 fully saturated rings. The van der Waals surface area contributed by atoms with E-state index in [1.165, 1.54) is 12.1 Å². The van der Waals surface area contributed by atoms with E-state index in [-0.39, 0.29) is 11.6 Å². The van der Waals surface area contributed by atoms with E-state index in [4.69, 9.17) is 15.3 Å². The van der Waals surface area contributed by atoms with Gasteiger partial charge < -0.3 is 20.6 Å². The molecule has 23 heavy (non-hydrogen) atoms. The number of hydrogen-bond acceptors (Lipinski definition) is 6. The molecule has 0 spiro atoms. The average Bonchev–Trinajstić information content (AvgIpc) is 3.03. The highest BCUT2D eigenvalue weighted by atomic mass is 16.4. The van der Waals surface area contributed by atoms with E-state index in [2.05, 4.69) is 15.5 Å². The summed E-state index contributed by atoms with van der Waals surface area (Å²) >= 11 is 0. The molecule has 0 aliphatic rings. The van der Waals surface area contributed by atoms with Crippen LogP contribution in [0.25, 0.3) is 11.5 Å². The fourth-order valence-electron chi connectivity index (χ4n) is 2.03. The van der Waals surface area contributed by atoms with Gasteiger partial charge in [-0.2, -0.15) is 0 Å². The molecule has 7 nitrogen and oxygen atoms in total. The second kappa shape index (κ2) is 6.29. The van der Waals surface area contributed by atoms with Crippen LogP contribution in [0.4, 0.5) is 11.7 Å². The number of aromatic nitrogens is 2. The van der Waals surface area contributed by atoms with Crippen LogP contribution in [-0.2, 0) is 6.54 Å². The number of carboxylic acids is 1. The maximum absolute atomic E-state index is 11.0. The van der Waals surface area contributed by atoms with Gasteiger partial charge in [0.1, 0.15) is 0 Å². The molecule has 0 saturated carbocycles. The van der Waals surface area contributed by atoms with Crippen molar-refractivity contribution in [3.05, 3.63) is 59.7 Å². The Kier molecular flexibility index (Phi) is 4.03. The number of nitrogens with two attached hydrogens (primary N) is 1. The van der Waals surface area contributed by atoms with Gasteiger partial charge in [-0.3, -0.25) is 0 Å². The summed E-state index contributed by atoms with van der Waals surface area (Å²) in [6, 6.07) is 14.0. The summed E-state index contributed by atoms with van der Waals surface area (Å²) in [6.45, 7) is 0.469. The molecule has 2 aromatic carbocycles. The summed E-state index contributed by atoms with van der Waals surface area (Å²) in [4.78, 5) is 11.0. The van der Waals surface area contributed by atoms with E-state index in [1.54, 1.807) is 12.1 Å². The van der Waals surface area contributed by atoms with Gasteiger partial charge in [0.2, 0.25) is 5.89 Å². The van der Waals surface area contributed by atoms with E-state index < -0.39 is 5.97 Å². The van der Waals surface area contributed by atoms with Crippen molar-refractivity contribution < 1.29 is 14.3 Å². The number of carbonyl (C=O) groups is 1. The second-order valence-corrected chi connectivity index (χ2v) is 4.82. The SMILES string of the molecule is NCc1ccc(-c2nnc(Nc3cccc(C(=O)O)c3)o2)cc1. The van der Waals surface area contributed by atoms with Gasteiger partial charge in [0, 0.05) is 17.8 Å². The lowest BCUT2D eigenvalue weighted by Gasteiger charge is -2.02. The molecular formula is C16H14N4O3. The van der Waals surface area contributed by atoms with Crippen LogP contribution in [0.1, 0.15) is 15.9 Å². The molecule has 0 unspecified atom stereocenters. The molecule has 0 saturated heterocycles. The minimum Gasteiger partial charge on any atom is -0.478 e. The number of nitrogens with zero attached hydrogens (tertiary/aromatic N) is 2. The molecule has 0 radical (unpaired) electrons. The molecule has 4 N–H and O–H groups in total. The van der Waals surface area contributed by atoms with Gasteiger partial charge in [-0.15, -0.1) is 5.10 Å². The lowest BCUT2D eigenvalue weighted by atomic mass is 10.1. The summed E-state index contributed by atoms with van der Waals surface area (Å²) in [5.74, 6) is -0.634. The summed E-state index contributed by atoms with van der Waals surface area (Å²) < 4.78 is 5.54. The number of rotatable bonds is 5. The van der Waals surface area contributed by atoms with Crippen molar-refractivity contribution in [2.75, 3.05) is 5.32 Å². The van der Waals surface area contributed by atoms with E-state index >= 15 is 0 Å². The molecule has 0 bridgehead atoms. The maximum Gasteiger partial charge on any atom is 0.335 e. The van der Waals surface area contributed by atoms with E-state index in [0.29, 0.717) is 18.1 Å². The standard InChI is InChI=1S/C16H14N4O3/c17-9-10-4-6-11(7-5-10)14-19-20-16(23-14)18-13-3-1-2-12(8-13)15(21)22/h1-8H,9,17H2,(H,18,20)(H,21,22). The first kappa shape index (κ1) is 14.7. The quantitative estimate of drug-likeness (QED) is 0.663. The molecule has 116 valence electrons. The molecule has 0 atom stereocenters. The Bertz CT molecular complexity index is 827. The van der Waals surface area contributed by atoms with Gasteiger partial charge >= 0.3 is 12.0 Å². The van der Waals surface area contributed by atoms with Crippen molar-refractivity contribution in [3.8, 4) is 11.5 Å². The van der Waals surface area contributed by atoms with Crippen LogP contribution >= 0.6 is 0 Å². The number of nitrogens with one attached hydrogen (secondary N) is 1. The van der Waals surface area contributed by atoms with Crippen LogP contribution in [0.2, 0.25) is 0 Å². The molecule has 1 aromatic heterocycles. The highest BCUT2D eigenvalue weighted by molar-refractivity contribution is 5.88. The molecule has 0 aliphatic carbocycles. The summed E-state index contributed by atoms with van der Waals surface area (Å²) in [6.07, 6.45) is 0. The monoisotopic (exact) mass is 310 g/mol. The molecule has 0 aliphatic heterocycles. The van der Waals surface area contributed by atoms with Crippen molar-refractivity contribution in [2.45, 2.75) is 6.54 Å². The van der Waals surface area contributed by atoms with Gasteiger partial charge in [0.15, 0.2) is 0 Å². The van der Waals surface area contributed by atoms with Gasteiger partial charge in [0.05, 0.1) is 5.56 Å². The molecule has 3 rings (SSSR count). The Balaban J connectivity index is 1.79. The average molecular weight is 310 g/mol. The van der Waals surface area contributed by atoms with E-state index in [9.17, 15) is 4.79 Å². The Hall–Kier alpha value is -3.19. The normalized spacial score (nSPS) is 10.5. The zero-order valence-corrected chi connectivity index (χ0v) is 12.1. The van der Waals surface area contributed by atoms with Crippen molar-refractivity contribution in [1.82, 2.24) is 10.2 Å². The van der Waals surface area contributed by atoms with Crippen LogP contribution < -0.4 is 11.1 Å². The molecule has 7 heteroatoms. The Labute approximate surface area is 131 Å². The Morgan fingerprint density at radius 1 is 1.17 bits per heavy atom. The first-order valence-corrected chi connectivity index (χ1v) is 6.89. The minimum absolute atomic E-state index is 0.173. The first-order valence-electron chi connectivity index (χ1n) is 6.89. The summed E-state index contributed by atoms with van der Waals surface area (Å²) in [5, 5.41) is 19.7. The lowest BCUT2D eigenvalue weighted by molar-refractivity contribution is 0.0697. The molecular weight excluding hydrogens is 296 g/mol. The third-order valence-electron chi connectivity index (χ3n) is 3.22. The molecule has 0 amide bonds. The third kappa shape index (κ3) is 3.35. The van der Waals surface area contributed by atoms with E-state index in [1.807, 2.05) is 24.3 Å². The highest BCUT2D eigenvalue weighted by Gasteiger charge is 2.10. The van der Waals surface area contributed by atoms with Crippen molar-refractivity contribution >= 4 is 17.7 Å². The minimum atomic E-state index is -1.00. The van der Waals surface area contributed by atoms with Crippen LogP contribution in [-0.4, -0.2) is 21.3 Å². The van der Waals surface area contributed by atoms with Gasteiger partial charge in [0.25, 0.3) is 0 Å². The van der Waals surface area contributed by atoms with Crippen molar-refractivity contribution in [1.29, 1.82) is 0 Å².